The van der Waals surface area contributed by atoms with Crippen LogP contribution in [-0.4, -0.2) is 30.1 Å². The van der Waals surface area contributed by atoms with Gasteiger partial charge in [-0.1, -0.05) is 30.3 Å². The molecule has 4 rings (SSSR count). The lowest BCUT2D eigenvalue weighted by Gasteiger charge is -2.14. The highest BCUT2D eigenvalue weighted by atomic mass is 32.2. The average Bonchev–Trinajstić information content (AvgIpc) is 3.47. The molecule has 7 nitrogen and oxygen atoms in total. The number of thiophene rings is 1. The zero-order valence-corrected chi connectivity index (χ0v) is 23.0. The quantitative estimate of drug-likeness (QED) is 0.157. The van der Waals surface area contributed by atoms with Crippen molar-refractivity contribution in [1.82, 2.24) is 5.32 Å². The van der Waals surface area contributed by atoms with Crippen LogP contribution in [0, 0.1) is 0 Å². The van der Waals surface area contributed by atoms with Crippen molar-refractivity contribution in [2.75, 3.05) is 17.7 Å². The Balaban J connectivity index is 1.38. The van der Waals surface area contributed by atoms with E-state index in [0.29, 0.717) is 22.7 Å². The molecule has 0 saturated carbocycles. The van der Waals surface area contributed by atoms with Crippen LogP contribution in [0.2, 0.25) is 0 Å². The van der Waals surface area contributed by atoms with Crippen LogP contribution in [0.1, 0.15) is 22.2 Å². The summed E-state index contributed by atoms with van der Waals surface area (Å²) < 4.78 is 5.20. The standard InChI is InChI=1S/C30H27N3O4S2/c1-20(28(34)32-23-10-6-11-24(18-23)37-2)39-25-15-13-22(14-16-25)31-30(36)27(19-26-12-7-17-38-26)33-29(35)21-8-4-3-5-9-21/h3-20H,1-2H3,(H,31,36)(H,32,34)(H,33,35)/b27-19-. The smallest absolute Gasteiger partial charge is 0.272 e. The molecule has 9 heteroatoms. The fourth-order valence-corrected chi connectivity index (χ4v) is 5.00. The SMILES string of the molecule is COc1cccc(NC(=O)C(C)Sc2ccc(NC(=O)/C(=C/c3cccs3)NC(=O)c3ccccc3)cc2)c1. The van der Waals surface area contributed by atoms with E-state index in [0.717, 1.165) is 9.77 Å². The van der Waals surface area contributed by atoms with E-state index in [1.807, 2.05) is 54.8 Å². The fraction of sp³-hybridized carbons (Fsp3) is 0.100. The van der Waals surface area contributed by atoms with Gasteiger partial charge in [-0.15, -0.1) is 23.1 Å². The molecule has 39 heavy (non-hydrogen) atoms. The molecule has 1 unspecified atom stereocenters. The fourth-order valence-electron chi connectivity index (χ4n) is 3.48. The molecule has 1 atom stereocenters. The van der Waals surface area contributed by atoms with Crippen molar-refractivity contribution < 1.29 is 19.1 Å². The van der Waals surface area contributed by atoms with Gasteiger partial charge in [-0.25, -0.2) is 0 Å². The summed E-state index contributed by atoms with van der Waals surface area (Å²) in [6.07, 6.45) is 1.65. The number of hydrogen-bond acceptors (Lipinski definition) is 6. The number of methoxy groups -OCH3 is 1. The van der Waals surface area contributed by atoms with Crippen molar-refractivity contribution in [1.29, 1.82) is 0 Å². The first kappa shape index (κ1) is 27.7. The lowest BCUT2D eigenvalue weighted by Crippen LogP contribution is -2.30. The number of anilines is 2. The van der Waals surface area contributed by atoms with E-state index < -0.39 is 5.91 Å². The summed E-state index contributed by atoms with van der Waals surface area (Å²) in [4.78, 5) is 40.2. The maximum atomic E-state index is 13.1. The van der Waals surface area contributed by atoms with Crippen LogP contribution in [0.25, 0.3) is 6.08 Å². The second-order valence-corrected chi connectivity index (χ2v) is 10.7. The summed E-state index contributed by atoms with van der Waals surface area (Å²) in [5.41, 5.74) is 1.81. The minimum absolute atomic E-state index is 0.132. The first-order valence-corrected chi connectivity index (χ1v) is 13.8. The van der Waals surface area contributed by atoms with Gasteiger partial charge in [0.25, 0.3) is 11.8 Å². The van der Waals surface area contributed by atoms with Crippen LogP contribution in [0.4, 0.5) is 11.4 Å². The number of nitrogens with one attached hydrogen (secondary N) is 3. The maximum Gasteiger partial charge on any atom is 0.272 e. The monoisotopic (exact) mass is 557 g/mol. The zero-order valence-electron chi connectivity index (χ0n) is 21.3. The van der Waals surface area contributed by atoms with Crippen LogP contribution in [0.5, 0.6) is 5.75 Å². The molecular formula is C30H27N3O4S2. The molecule has 0 spiro atoms. The molecule has 0 fully saturated rings. The van der Waals surface area contributed by atoms with Crippen molar-refractivity contribution in [3.63, 3.8) is 0 Å². The van der Waals surface area contributed by atoms with Gasteiger partial charge >= 0.3 is 0 Å². The van der Waals surface area contributed by atoms with Crippen molar-refractivity contribution in [3.8, 4) is 5.75 Å². The second-order valence-electron chi connectivity index (χ2n) is 8.35. The second kappa shape index (κ2) is 13.5. The minimum atomic E-state index is -0.445. The Kier molecular flexibility index (Phi) is 9.55. The number of benzene rings is 3. The van der Waals surface area contributed by atoms with Crippen molar-refractivity contribution in [2.24, 2.45) is 0 Å². The van der Waals surface area contributed by atoms with Gasteiger partial charge in [-0.2, -0.15) is 0 Å². The molecule has 3 N–H and O–H groups in total. The molecular weight excluding hydrogens is 530 g/mol. The summed E-state index contributed by atoms with van der Waals surface area (Å²) in [6.45, 7) is 1.83. The summed E-state index contributed by atoms with van der Waals surface area (Å²) in [6, 6.07) is 26.8. The van der Waals surface area contributed by atoms with E-state index in [-0.39, 0.29) is 22.8 Å². The lowest BCUT2D eigenvalue weighted by atomic mass is 10.2. The number of carbonyl (C=O) groups is 3. The maximum absolute atomic E-state index is 13.1. The van der Waals surface area contributed by atoms with Crippen LogP contribution < -0.4 is 20.7 Å². The van der Waals surface area contributed by atoms with Gasteiger partial charge in [0.05, 0.1) is 12.4 Å². The van der Waals surface area contributed by atoms with Gasteiger partial charge in [0.2, 0.25) is 5.91 Å². The summed E-state index contributed by atoms with van der Waals surface area (Å²) in [5.74, 6) is -0.289. The van der Waals surface area contributed by atoms with E-state index in [2.05, 4.69) is 16.0 Å². The van der Waals surface area contributed by atoms with Gasteiger partial charge in [0.1, 0.15) is 11.4 Å². The Labute approximate surface area is 235 Å². The lowest BCUT2D eigenvalue weighted by molar-refractivity contribution is -0.115. The molecule has 4 aromatic rings. The molecule has 3 aromatic carbocycles. The van der Waals surface area contributed by atoms with Crippen LogP contribution in [0.3, 0.4) is 0 Å². The van der Waals surface area contributed by atoms with Gasteiger partial charge in [-0.3, -0.25) is 14.4 Å². The molecule has 0 aliphatic heterocycles. The van der Waals surface area contributed by atoms with Crippen molar-refractivity contribution in [2.45, 2.75) is 17.1 Å². The Hall–Kier alpha value is -4.34. The Bertz CT molecular complexity index is 1450. The predicted molar refractivity (Wildman–Crippen MR) is 158 cm³/mol. The molecule has 0 aliphatic carbocycles. The molecule has 1 aromatic heterocycles. The summed E-state index contributed by atoms with van der Waals surface area (Å²) in [5, 5.41) is 10.0. The average molecular weight is 558 g/mol. The normalized spacial score (nSPS) is 11.8. The molecule has 0 aliphatic rings. The largest absolute Gasteiger partial charge is 0.497 e. The third-order valence-corrected chi connectivity index (χ3v) is 7.42. The zero-order chi connectivity index (χ0) is 27.6. The summed E-state index contributed by atoms with van der Waals surface area (Å²) >= 11 is 2.86. The summed E-state index contributed by atoms with van der Waals surface area (Å²) in [7, 11) is 1.58. The molecule has 0 radical (unpaired) electrons. The highest BCUT2D eigenvalue weighted by molar-refractivity contribution is 8.00. The Morgan fingerprint density at radius 3 is 2.33 bits per heavy atom. The van der Waals surface area contributed by atoms with Crippen LogP contribution in [-0.2, 0) is 9.59 Å². The third kappa shape index (κ3) is 8.07. The number of ether oxygens (including phenoxy) is 1. The van der Waals surface area contributed by atoms with E-state index >= 15 is 0 Å². The van der Waals surface area contributed by atoms with Gasteiger partial charge in [-0.05, 0) is 73.0 Å². The van der Waals surface area contributed by atoms with E-state index in [1.165, 1.54) is 23.1 Å². The Morgan fingerprint density at radius 1 is 0.872 bits per heavy atom. The first-order chi connectivity index (χ1) is 18.9. The number of hydrogen-bond donors (Lipinski definition) is 3. The van der Waals surface area contributed by atoms with Gasteiger partial charge < -0.3 is 20.7 Å². The topological polar surface area (TPSA) is 96.5 Å². The number of thioether (sulfide) groups is 1. The first-order valence-electron chi connectivity index (χ1n) is 12.1. The molecule has 3 amide bonds. The van der Waals surface area contributed by atoms with E-state index in [9.17, 15) is 14.4 Å². The van der Waals surface area contributed by atoms with Gasteiger partial charge in [0, 0.05) is 32.8 Å². The molecule has 0 bridgehead atoms. The number of amides is 3. The molecule has 198 valence electrons. The van der Waals surface area contributed by atoms with Crippen molar-refractivity contribution in [3.05, 3.63) is 113 Å². The number of carbonyl (C=O) groups excluding carboxylic acids is 3. The van der Waals surface area contributed by atoms with Crippen LogP contribution in [0.15, 0.2) is 107 Å². The van der Waals surface area contributed by atoms with E-state index in [4.69, 9.17) is 4.74 Å². The minimum Gasteiger partial charge on any atom is -0.497 e. The third-order valence-electron chi connectivity index (χ3n) is 5.49. The molecule has 1 heterocycles. The predicted octanol–water partition coefficient (Wildman–Crippen LogP) is 6.29. The van der Waals surface area contributed by atoms with Gasteiger partial charge in [0.15, 0.2) is 0 Å². The number of rotatable bonds is 10. The highest BCUT2D eigenvalue weighted by Crippen LogP contribution is 2.26. The highest BCUT2D eigenvalue weighted by Gasteiger charge is 2.17. The van der Waals surface area contributed by atoms with E-state index in [1.54, 1.807) is 61.7 Å². The van der Waals surface area contributed by atoms with Crippen molar-refractivity contribution >= 4 is 58.3 Å². The molecule has 0 saturated heterocycles. The van der Waals surface area contributed by atoms with Crippen LogP contribution >= 0.6 is 23.1 Å². The Morgan fingerprint density at radius 2 is 1.64 bits per heavy atom.